The summed E-state index contributed by atoms with van der Waals surface area (Å²) in [6.07, 6.45) is 0.0983. The first-order chi connectivity index (χ1) is 6.00. The maximum Gasteiger partial charge on any atom is 0.134 e. The van der Waals surface area contributed by atoms with Gasteiger partial charge in [-0.05, 0) is 54.4 Å². The number of benzene rings is 1. The number of hydrogen-bond donors (Lipinski definition) is 0. The Labute approximate surface area is 86.0 Å². The van der Waals surface area contributed by atoms with Gasteiger partial charge < -0.3 is 4.74 Å². The monoisotopic (exact) mass is 246 g/mol. The average Bonchev–Trinajstić information content (AvgIpc) is 1.99. The zero-order valence-electron chi connectivity index (χ0n) is 7.90. The maximum atomic E-state index is 13.0. The zero-order chi connectivity index (χ0) is 10.0. The van der Waals surface area contributed by atoms with E-state index in [0.29, 0.717) is 15.8 Å². The van der Waals surface area contributed by atoms with Crippen LogP contribution in [0.1, 0.15) is 19.4 Å². The minimum Gasteiger partial charge on any atom is -0.490 e. The van der Waals surface area contributed by atoms with E-state index >= 15 is 0 Å². The standard InChI is InChI=1S/C10H12BrFO/c1-6(2)13-10-4-7(3)9(12)5-8(10)11/h4-6H,1-3H3. The molecule has 0 N–H and O–H groups in total. The van der Waals surface area contributed by atoms with Crippen LogP contribution in [0.5, 0.6) is 5.75 Å². The first-order valence-corrected chi connectivity index (χ1v) is 4.92. The Kier molecular flexibility index (Phi) is 3.31. The largest absolute Gasteiger partial charge is 0.490 e. The van der Waals surface area contributed by atoms with Gasteiger partial charge in [-0.25, -0.2) is 4.39 Å². The molecular weight excluding hydrogens is 235 g/mol. The van der Waals surface area contributed by atoms with Gasteiger partial charge in [0.15, 0.2) is 0 Å². The molecule has 0 heterocycles. The Morgan fingerprint density at radius 1 is 1.38 bits per heavy atom. The van der Waals surface area contributed by atoms with E-state index in [1.165, 1.54) is 6.07 Å². The number of halogens is 2. The van der Waals surface area contributed by atoms with Crippen molar-refractivity contribution in [3.05, 3.63) is 28.0 Å². The lowest BCUT2D eigenvalue weighted by molar-refractivity contribution is 0.240. The molecule has 0 fully saturated rings. The second-order valence-corrected chi connectivity index (χ2v) is 4.05. The molecule has 0 unspecified atom stereocenters. The van der Waals surface area contributed by atoms with Crippen LogP contribution in [0, 0.1) is 12.7 Å². The van der Waals surface area contributed by atoms with Crippen LogP contribution in [0.25, 0.3) is 0 Å². The van der Waals surface area contributed by atoms with Crippen LogP contribution < -0.4 is 4.74 Å². The first-order valence-electron chi connectivity index (χ1n) is 4.13. The summed E-state index contributed by atoms with van der Waals surface area (Å²) in [6, 6.07) is 3.12. The topological polar surface area (TPSA) is 9.23 Å². The molecule has 0 atom stereocenters. The van der Waals surface area contributed by atoms with Gasteiger partial charge in [-0.15, -0.1) is 0 Å². The van der Waals surface area contributed by atoms with E-state index in [2.05, 4.69) is 15.9 Å². The third-order valence-corrected chi connectivity index (χ3v) is 2.20. The molecule has 0 aliphatic heterocycles. The summed E-state index contributed by atoms with van der Waals surface area (Å²) >= 11 is 3.24. The van der Waals surface area contributed by atoms with Crippen LogP contribution in [0.15, 0.2) is 16.6 Å². The summed E-state index contributed by atoms with van der Waals surface area (Å²) in [4.78, 5) is 0. The van der Waals surface area contributed by atoms with Crippen LogP contribution in [0.2, 0.25) is 0 Å². The van der Waals surface area contributed by atoms with Crippen molar-refractivity contribution in [1.82, 2.24) is 0 Å². The molecule has 1 aromatic carbocycles. The summed E-state index contributed by atoms with van der Waals surface area (Å²) in [7, 11) is 0. The van der Waals surface area contributed by atoms with Crippen molar-refractivity contribution in [3.8, 4) is 5.75 Å². The van der Waals surface area contributed by atoms with Crippen LogP contribution in [-0.2, 0) is 0 Å². The molecule has 1 nitrogen and oxygen atoms in total. The van der Waals surface area contributed by atoms with Gasteiger partial charge in [-0.3, -0.25) is 0 Å². The van der Waals surface area contributed by atoms with Crippen molar-refractivity contribution in [2.24, 2.45) is 0 Å². The van der Waals surface area contributed by atoms with Crippen LogP contribution >= 0.6 is 15.9 Å². The molecule has 0 aromatic heterocycles. The van der Waals surface area contributed by atoms with Crippen molar-refractivity contribution in [3.63, 3.8) is 0 Å². The van der Waals surface area contributed by atoms with Gasteiger partial charge in [-0.1, -0.05) is 0 Å². The fraction of sp³-hybridized carbons (Fsp3) is 0.400. The molecule has 0 saturated carbocycles. The normalized spacial score (nSPS) is 10.6. The van der Waals surface area contributed by atoms with Gasteiger partial charge in [0, 0.05) is 0 Å². The molecule has 0 spiro atoms. The highest BCUT2D eigenvalue weighted by atomic mass is 79.9. The summed E-state index contributed by atoms with van der Waals surface area (Å²) in [5.41, 5.74) is 0.596. The summed E-state index contributed by atoms with van der Waals surface area (Å²) < 4.78 is 19.1. The van der Waals surface area contributed by atoms with Gasteiger partial charge in [0.25, 0.3) is 0 Å². The van der Waals surface area contributed by atoms with Crippen LogP contribution in [-0.4, -0.2) is 6.10 Å². The van der Waals surface area contributed by atoms with Crippen LogP contribution in [0.3, 0.4) is 0 Å². The molecule has 0 bridgehead atoms. The average molecular weight is 247 g/mol. The van der Waals surface area contributed by atoms with Crippen molar-refractivity contribution in [1.29, 1.82) is 0 Å². The fourth-order valence-corrected chi connectivity index (χ4v) is 1.38. The minimum atomic E-state index is -0.219. The molecule has 1 rings (SSSR count). The third-order valence-electron chi connectivity index (χ3n) is 1.58. The summed E-state index contributed by atoms with van der Waals surface area (Å²) in [5.74, 6) is 0.469. The molecular formula is C10H12BrFO. The number of ether oxygens (including phenoxy) is 1. The summed E-state index contributed by atoms with van der Waals surface area (Å²) in [6.45, 7) is 5.59. The van der Waals surface area contributed by atoms with E-state index in [0.717, 1.165) is 0 Å². The molecule has 13 heavy (non-hydrogen) atoms. The minimum absolute atomic E-state index is 0.0983. The third kappa shape index (κ3) is 2.69. The van der Waals surface area contributed by atoms with Crippen molar-refractivity contribution in [2.75, 3.05) is 0 Å². The van der Waals surface area contributed by atoms with Crippen molar-refractivity contribution in [2.45, 2.75) is 26.9 Å². The summed E-state index contributed by atoms with van der Waals surface area (Å²) in [5, 5.41) is 0. The number of aryl methyl sites for hydroxylation is 1. The molecule has 0 saturated heterocycles. The highest BCUT2D eigenvalue weighted by Crippen LogP contribution is 2.28. The SMILES string of the molecule is Cc1cc(OC(C)C)c(Br)cc1F. The van der Waals surface area contributed by atoms with Crippen LogP contribution in [0.4, 0.5) is 4.39 Å². The Morgan fingerprint density at radius 2 is 2.00 bits per heavy atom. The predicted octanol–water partition coefficient (Wildman–Crippen LogP) is 3.68. The lowest BCUT2D eigenvalue weighted by Gasteiger charge is -2.12. The van der Waals surface area contributed by atoms with Gasteiger partial charge in [0.05, 0.1) is 10.6 Å². The smallest absolute Gasteiger partial charge is 0.134 e. The Hall–Kier alpha value is -0.570. The quantitative estimate of drug-likeness (QED) is 0.774. The van der Waals surface area contributed by atoms with E-state index in [4.69, 9.17) is 4.74 Å². The number of rotatable bonds is 2. The fourth-order valence-electron chi connectivity index (χ4n) is 0.975. The molecule has 0 aliphatic carbocycles. The molecule has 0 radical (unpaired) electrons. The second-order valence-electron chi connectivity index (χ2n) is 3.20. The lowest BCUT2D eigenvalue weighted by atomic mass is 10.2. The predicted molar refractivity (Wildman–Crippen MR) is 54.6 cm³/mol. The highest BCUT2D eigenvalue weighted by molar-refractivity contribution is 9.10. The Bertz CT molecular complexity index is 310. The van der Waals surface area contributed by atoms with Gasteiger partial charge in [0.1, 0.15) is 11.6 Å². The van der Waals surface area contributed by atoms with E-state index in [-0.39, 0.29) is 11.9 Å². The lowest BCUT2D eigenvalue weighted by Crippen LogP contribution is -2.06. The van der Waals surface area contributed by atoms with E-state index in [1.807, 2.05) is 13.8 Å². The van der Waals surface area contributed by atoms with E-state index < -0.39 is 0 Å². The van der Waals surface area contributed by atoms with E-state index in [9.17, 15) is 4.39 Å². The Balaban J connectivity index is 3.01. The van der Waals surface area contributed by atoms with Crippen molar-refractivity contribution >= 4 is 15.9 Å². The molecule has 0 aliphatic rings. The molecule has 72 valence electrons. The van der Waals surface area contributed by atoms with E-state index in [1.54, 1.807) is 13.0 Å². The zero-order valence-corrected chi connectivity index (χ0v) is 9.48. The molecule has 3 heteroatoms. The Morgan fingerprint density at radius 3 is 2.54 bits per heavy atom. The highest BCUT2D eigenvalue weighted by Gasteiger charge is 2.07. The second kappa shape index (κ2) is 4.09. The van der Waals surface area contributed by atoms with Gasteiger partial charge in [0.2, 0.25) is 0 Å². The molecule has 1 aromatic rings. The first kappa shape index (κ1) is 10.5. The van der Waals surface area contributed by atoms with Crippen molar-refractivity contribution < 1.29 is 9.13 Å². The molecule has 0 amide bonds. The van der Waals surface area contributed by atoms with Gasteiger partial charge >= 0.3 is 0 Å². The van der Waals surface area contributed by atoms with Gasteiger partial charge in [-0.2, -0.15) is 0 Å². The maximum absolute atomic E-state index is 13.0. The number of hydrogen-bond acceptors (Lipinski definition) is 1.